The van der Waals surface area contributed by atoms with Crippen LogP contribution in [0.4, 0.5) is 5.69 Å². The van der Waals surface area contributed by atoms with Crippen molar-refractivity contribution in [3.8, 4) is 5.75 Å². The average Bonchev–Trinajstić information content (AvgIpc) is 2.14. The molecule has 1 aromatic rings. The Hall–Kier alpha value is -1.91. The number of carbonyl (C=O) groups excluding carboxylic acids is 1. The van der Waals surface area contributed by atoms with Crippen LogP contribution in [-0.2, 0) is 5.41 Å². The first-order valence-corrected chi connectivity index (χ1v) is 4.75. The van der Waals surface area contributed by atoms with Crippen molar-refractivity contribution in [1.82, 2.24) is 0 Å². The van der Waals surface area contributed by atoms with E-state index in [-0.39, 0.29) is 22.6 Å². The summed E-state index contributed by atoms with van der Waals surface area (Å²) >= 11 is 0. The SMILES string of the molecule is CC(C)(C)c1c([N+](=O)[O-])ccc(C=O)c1O. The summed E-state index contributed by atoms with van der Waals surface area (Å²) in [6.45, 7) is 5.22. The molecule has 0 aliphatic carbocycles. The third-order valence-corrected chi connectivity index (χ3v) is 2.26. The van der Waals surface area contributed by atoms with E-state index < -0.39 is 10.3 Å². The lowest BCUT2D eigenvalue weighted by atomic mass is 9.84. The molecule has 0 bridgehead atoms. The topological polar surface area (TPSA) is 80.4 Å². The lowest BCUT2D eigenvalue weighted by Crippen LogP contribution is -2.15. The summed E-state index contributed by atoms with van der Waals surface area (Å²) in [5.41, 5.74) is -0.529. The van der Waals surface area contributed by atoms with Crippen LogP contribution in [0.3, 0.4) is 0 Å². The Kier molecular flexibility index (Phi) is 2.98. The zero-order valence-electron chi connectivity index (χ0n) is 9.35. The van der Waals surface area contributed by atoms with Crippen molar-refractivity contribution >= 4 is 12.0 Å². The van der Waals surface area contributed by atoms with E-state index in [1.165, 1.54) is 12.1 Å². The molecule has 0 aromatic heterocycles. The fourth-order valence-electron chi connectivity index (χ4n) is 1.58. The Morgan fingerprint density at radius 2 is 1.94 bits per heavy atom. The Morgan fingerprint density at radius 1 is 1.38 bits per heavy atom. The first-order valence-electron chi connectivity index (χ1n) is 4.75. The van der Waals surface area contributed by atoms with Crippen molar-refractivity contribution in [2.75, 3.05) is 0 Å². The molecule has 0 aliphatic rings. The molecule has 0 heterocycles. The van der Waals surface area contributed by atoms with Crippen LogP contribution in [0.25, 0.3) is 0 Å². The first kappa shape index (κ1) is 12.2. The van der Waals surface area contributed by atoms with E-state index in [1.807, 2.05) is 0 Å². The van der Waals surface area contributed by atoms with Crippen molar-refractivity contribution in [2.45, 2.75) is 26.2 Å². The van der Waals surface area contributed by atoms with Crippen LogP contribution in [0.15, 0.2) is 12.1 Å². The highest BCUT2D eigenvalue weighted by Gasteiger charge is 2.29. The lowest BCUT2D eigenvalue weighted by Gasteiger charge is -2.20. The fraction of sp³-hybridized carbons (Fsp3) is 0.364. The number of rotatable bonds is 2. The maximum atomic E-state index is 10.8. The highest BCUT2D eigenvalue weighted by atomic mass is 16.6. The van der Waals surface area contributed by atoms with Crippen molar-refractivity contribution in [3.63, 3.8) is 0 Å². The Balaban J connectivity index is 3.62. The highest BCUT2D eigenvalue weighted by Crippen LogP contribution is 2.39. The van der Waals surface area contributed by atoms with Gasteiger partial charge in [0.15, 0.2) is 6.29 Å². The van der Waals surface area contributed by atoms with E-state index in [9.17, 15) is 20.0 Å². The molecule has 5 nitrogen and oxygen atoms in total. The summed E-state index contributed by atoms with van der Waals surface area (Å²) in [7, 11) is 0. The van der Waals surface area contributed by atoms with Gasteiger partial charge < -0.3 is 5.11 Å². The molecule has 86 valence electrons. The molecule has 0 unspecified atom stereocenters. The highest BCUT2D eigenvalue weighted by molar-refractivity contribution is 5.81. The van der Waals surface area contributed by atoms with Gasteiger partial charge in [-0.1, -0.05) is 20.8 Å². The zero-order chi connectivity index (χ0) is 12.5. The molecule has 0 fully saturated rings. The lowest BCUT2D eigenvalue weighted by molar-refractivity contribution is -0.386. The molecule has 0 radical (unpaired) electrons. The number of hydrogen-bond donors (Lipinski definition) is 1. The molecular weight excluding hydrogens is 210 g/mol. The summed E-state index contributed by atoms with van der Waals surface area (Å²) in [6.07, 6.45) is 0.480. The predicted molar refractivity (Wildman–Crippen MR) is 58.8 cm³/mol. The summed E-state index contributed by atoms with van der Waals surface area (Å²) in [5, 5.41) is 20.6. The van der Waals surface area contributed by atoms with E-state index in [1.54, 1.807) is 20.8 Å². The number of aldehydes is 1. The van der Waals surface area contributed by atoms with Gasteiger partial charge in [-0.25, -0.2) is 0 Å². The molecule has 0 amide bonds. The van der Waals surface area contributed by atoms with Gasteiger partial charge in [0.25, 0.3) is 5.69 Å². The molecule has 1 N–H and O–H groups in total. The molecule has 0 aliphatic heterocycles. The van der Waals surface area contributed by atoms with Crippen molar-refractivity contribution < 1.29 is 14.8 Å². The van der Waals surface area contributed by atoms with Gasteiger partial charge in [-0.3, -0.25) is 14.9 Å². The minimum atomic E-state index is -0.606. The van der Waals surface area contributed by atoms with Crippen LogP contribution in [-0.4, -0.2) is 16.3 Å². The van der Waals surface area contributed by atoms with Gasteiger partial charge in [-0.05, 0) is 11.5 Å². The van der Waals surface area contributed by atoms with E-state index in [0.29, 0.717) is 6.29 Å². The van der Waals surface area contributed by atoms with Crippen LogP contribution < -0.4 is 0 Å². The van der Waals surface area contributed by atoms with E-state index in [2.05, 4.69) is 0 Å². The molecule has 0 saturated carbocycles. The molecule has 16 heavy (non-hydrogen) atoms. The van der Waals surface area contributed by atoms with Crippen LogP contribution in [0.1, 0.15) is 36.7 Å². The minimum absolute atomic E-state index is 0.0653. The van der Waals surface area contributed by atoms with Crippen LogP contribution in [0.5, 0.6) is 5.75 Å². The second-order valence-electron chi connectivity index (χ2n) is 4.52. The molecule has 0 atom stereocenters. The maximum absolute atomic E-state index is 10.8. The van der Waals surface area contributed by atoms with Crippen molar-refractivity contribution in [3.05, 3.63) is 33.4 Å². The number of nitrogens with zero attached hydrogens (tertiary/aromatic N) is 1. The van der Waals surface area contributed by atoms with Crippen molar-refractivity contribution in [1.29, 1.82) is 0 Å². The third-order valence-electron chi connectivity index (χ3n) is 2.26. The quantitative estimate of drug-likeness (QED) is 0.474. The number of benzene rings is 1. The minimum Gasteiger partial charge on any atom is -0.507 e. The molecule has 1 aromatic carbocycles. The van der Waals surface area contributed by atoms with Crippen LogP contribution >= 0.6 is 0 Å². The Labute approximate surface area is 92.9 Å². The Morgan fingerprint density at radius 3 is 2.31 bits per heavy atom. The fourth-order valence-corrected chi connectivity index (χ4v) is 1.58. The number of nitro benzene ring substituents is 1. The molecule has 5 heteroatoms. The van der Waals surface area contributed by atoms with E-state index in [0.717, 1.165) is 0 Å². The number of nitro groups is 1. The second-order valence-corrected chi connectivity index (χ2v) is 4.52. The summed E-state index contributed by atoms with van der Waals surface area (Å²) in [5.74, 6) is -0.309. The van der Waals surface area contributed by atoms with Gasteiger partial charge in [-0.15, -0.1) is 0 Å². The predicted octanol–water partition coefficient (Wildman–Crippen LogP) is 2.41. The first-order chi connectivity index (χ1) is 7.29. The molecule has 0 spiro atoms. The van der Waals surface area contributed by atoms with Gasteiger partial charge in [0.1, 0.15) is 5.75 Å². The number of aromatic hydroxyl groups is 1. The monoisotopic (exact) mass is 223 g/mol. The normalized spacial score (nSPS) is 11.2. The molecule has 0 saturated heterocycles. The third kappa shape index (κ3) is 2.03. The van der Waals surface area contributed by atoms with E-state index >= 15 is 0 Å². The van der Waals surface area contributed by atoms with Gasteiger partial charge >= 0.3 is 0 Å². The smallest absolute Gasteiger partial charge is 0.276 e. The number of hydrogen-bond acceptors (Lipinski definition) is 4. The van der Waals surface area contributed by atoms with E-state index in [4.69, 9.17) is 0 Å². The van der Waals surface area contributed by atoms with Gasteiger partial charge in [-0.2, -0.15) is 0 Å². The zero-order valence-corrected chi connectivity index (χ0v) is 9.35. The summed E-state index contributed by atoms with van der Waals surface area (Å²) < 4.78 is 0. The van der Waals surface area contributed by atoms with Gasteiger partial charge in [0.2, 0.25) is 0 Å². The van der Waals surface area contributed by atoms with Crippen molar-refractivity contribution in [2.24, 2.45) is 0 Å². The number of carbonyl (C=O) groups is 1. The van der Waals surface area contributed by atoms with Gasteiger partial charge in [0, 0.05) is 6.07 Å². The Bertz CT molecular complexity index is 446. The average molecular weight is 223 g/mol. The largest absolute Gasteiger partial charge is 0.507 e. The summed E-state index contributed by atoms with van der Waals surface area (Å²) in [4.78, 5) is 20.9. The number of phenolic OH excluding ortho intramolecular Hbond substituents is 1. The van der Waals surface area contributed by atoms with Crippen LogP contribution in [0, 0.1) is 10.1 Å². The second kappa shape index (κ2) is 3.92. The van der Waals surface area contributed by atoms with Gasteiger partial charge in [0.05, 0.1) is 16.1 Å². The summed E-state index contributed by atoms with van der Waals surface area (Å²) in [6, 6.07) is 2.49. The number of phenols is 1. The molecule has 1 rings (SSSR count). The van der Waals surface area contributed by atoms with Crippen LogP contribution in [0.2, 0.25) is 0 Å². The standard InChI is InChI=1S/C11H13NO4/c1-11(2,3)9-8(12(15)16)5-4-7(6-13)10(9)14/h4-6,14H,1-3H3. The maximum Gasteiger partial charge on any atom is 0.276 e. The molecular formula is C11H13NO4.